The highest BCUT2D eigenvalue weighted by atomic mass is 32.2. The van der Waals surface area contributed by atoms with Crippen molar-refractivity contribution in [2.75, 3.05) is 33.8 Å². The largest absolute Gasteiger partial charge is 0.497 e. The summed E-state index contributed by atoms with van der Waals surface area (Å²) in [6.07, 6.45) is 6.44. The highest BCUT2D eigenvalue weighted by Gasteiger charge is 2.64. The molecule has 0 radical (unpaired) electrons. The van der Waals surface area contributed by atoms with Gasteiger partial charge in [0.25, 0.3) is 5.91 Å². The first-order valence-corrected chi connectivity index (χ1v) is 20.0. The Kier molecular flexibility index (Phi) is 8.53. The van der Waals surface area contributed by atoms with Gasteiger partial charge in [-0.1, -0.05) is 55.7 Å². The van der Waals surface area contributed by atoms with Crippen LogP contribution in [0.5, 0.6) is 5.75 Å². The Morgan fingerprint density at radius 2 is 1.73 bits per heavy atom. The summed E-state index contributed by atoms with van der Waals surface area (Å²) in [7, 11) is -0.0104. The lowest BCUT2D eigenvalue weighted by Crippen LogP contribution is -2.52. The Labute approximate surface area is 301 Å². The van der Waals surface area contributed by atoms with E-state index in [1.165, 1.54) is 12.0 Å². The molecule has 3 fully saturated rings. The molecule has 3 heterocycles. The van der Waals surface area contributed by atoms with Crippen LogP contribution in [-0.2, 0) is 21.4 Å². The second-order valence-electron chi connectivity index (χ2n) is 15.5. The maximum Gasteiger partial charge on any atom is 0.264 e. The number of hydrogen-bond donors (Lipinski definition) is 1. The predicted molar refractivity (Wildman–Crippen MR) is 199 cm³/mol. The van der Waals surface area contributed by atoms with Crippen molar-refractivity contribution in [2.45, 2.75) is 82.0 Å². The minimum atomic E-state index is -3.82. The number of fused-ring (bicyclic) bond motifs is 7. The number of methoxy groups -OCH3 is 1. The molecule has 4 aromatic rings. The topological polar surface area (TPSA) is 101 Å². The first kappa shape index (κ1) is 34.0. The molecule has 8 rings (SSSR count). The Morgan fingerprint density at radius 1 is 0.961 bits per heavy atom. The SMILES string of the molecule is COc1ccc2c(c1)C1CC1(C(=O)N1CCN(C)CC1c1ccccc1)Cn1c-2c(C2CCCCC2)c2ccc(C(=O)NS(=O)(=O)C(C)C)cc21. The molecule has 9 nitrogen and oxygen atoms in total. The van der Waals surface area contributed by atoms with Crippen molar-refractivity contribution < 1.29 is 22.7 Å². The maximum atomic E-state index is 15.3. The van der Waals surface area contributed by atoms with Gasteiger partial charge >= 0.3 is 0 Å². The molecular weight excluding hydrogens is 661 g/mol. The lowest BCUT2D eigenvalue weighted by Gasteiger charge is -2.42. The molecule has 268 valence electrons. The van der Waals surface area contributed by atoms with E-state index < -0.39 is 26.6 Å². The summed E-state index contributed by atoms with van der Waals surface area (Å²) in [5.74, 6) is 0.668. The molecule has 3 unspecified atom stereocenters. The number of amides is 2. The van der Waals surface area contributed by atoms with E-state index in [4.69, 9.17) is 4.74 Å². The van der Waals surface area contributed by atoms with E-state index in [0.717, 1.165) is 84.2 Å². The lowest BCUT2D eigenvalue weighted by molar-refractivity contribution is -0.143. The number of aromatic nitrogens is 1. The Bertz CT molecular complexity index is 2120. The lowest BCUT2D eigenvalue weighted by atomic mass is 9.81. The molecular formula is C41H48N4O5S. The number of nitrogens with zero attached hydrogens (tertiary/aromatic N) is 3. The third-order valence-electron chi connectivity index (χ3n) is 12.1. The van der Waals surface area contributed by atoms with Gasteiger partial charge in [0.15, 0.2) is 0 Å². The summed E-state index contributed by atoms with van der Waals surface area (Å²) in [5, 5.41) is 0.332. The first-order valence-electron chi connectivity index (χ1n) is 18.5. The van der Waals surface area contributed by atoms with Gasteiger partial charge in [-0.3, -0.25) is 9.59 Å². The van der Waals surface area contributed by atoms with Crippen LogP contribution < -0.4 is 9.46 Å². The second-order valence-corrected chi connectivity index (χ2v) is 17.7. The Morgan fingerprint density at radius 3 is 2.45 bits per heavy atom. The van der Waals surface area contributed by atoms with Gasteiger partial charge in [-0.25, -0.2) is 13.1 Å². The van der Waals surface area contributed by atoms with Gasteiger partial charge in [0.05, 0.1) is 29.5 Å². The first-order chi connectivity index (χ1) is 24.5. The average Bonchev–Trinajstić information content (AvgIpc) is 3.81. The molecule has 1 N–H and O–H groups in total. The van der Waals surface area contributed by atoms with Crippen LogP contribution in [0.3, 0.4) is 0 Å². The molecule has 3 aromatic carbocycles. The van der Waals surface area contributed by atoms with Gasteiger partial charge in [-0.05, 0) is 93.1 Å². The van der Waals surface area contributed by atoms with Crippen LogP contribution in [0, 0.1) is 5.41 Å². The third-order valence-corrected chi connectivity index (χ3v) is 13.8. The van der Waals surface area contributed by atoms with Crippen LogP contribution in [0.25, 0.3) is 22.2 Å². The van der Waals surface area contributed by atoms with Crippen LogP contribution in [0.15, 0.2) is 66.7 Å². The van der Waals surface area contributed by atoms with Gasteiger partial charge in [0.2, 0.25) is 15.9 Å². The number of sulfonamides is 1. The van der Waals surface area contributed by atoms with E-state index in [-0.39, 0.29) is 23.4 Å². The number of carbonyl (C=O) groups is 2. The number of piperazine rings is 1. The molecule has 4 aliphatic rings. The van der Waals surface area contributed by atoms with Crippen LogP contribution in [0.4, 0.5) is 0 Å². The zero-order valence-electron chi connectivity index (χ0n) is 30.0. The maximum absolute atomic E-state index is 15.3. The summed E-state index contributed by atoms with van der Waals surface area (Å²) < 4.78 is 35.8. The van der Waals surface area contributed by atoms with Crippen molar-refractivity contribution in [3.63, 3.8) is 0 Å². The fourth-order valence-corrected chi connectivity index (χ4v) is 9.75. The van der Waals surface area contributed by atoms with Gasteiger partial charge < -0.3 is 19.1 Å². The molecule has 0 spiro atoms. The number of likely N-dealkylation sites (N-methyl/N-ethyl adjacent to an activating group) is 1. The predicted octanol–water partition coefficient (Wildman–Crippen LogP) is 6.84. The molecule has 2 aliphatic heterocycles. The summed E-state index contributed by atoms with van der Waals surface area (Å²) in [5.41, 5.74) is 6.30. The van der Waals surface area contributed by atoms with Gasteiger partial charge in [-0.2, -0.15) is 0 Å². The van der Waals surface area contributed by atoms with Crippen molar-refractivity contribution in [1.29, 1.82) is 0 Å². The fourth-order valence-electron chi connectivity index (χ4n) is 9.14. The molecule has 51 heavy (non-hydrogen) atoms. The van der Waals surface area contributed by atoms with Crippen molar-refractivity contribution in [2.24, 2.45) is 5.41 Å². The van der Waals surface area contributed by atoms with Crippen molar-refractivity contribution in [3.05, 3.63) is 89.0 Å². The van der Waals surface area contributed by atoms with Crippen LogP contribution in [0.2, 0.25) is 0 Å². The molecule has 10 heteroatoms. The van der Waals surface area contributed by atoms with Gasteiger partial charge in [-0.15, -0.1) is 0 Å². The van der Waals surface area contributed by atoms with Crippen molar-refractivity contribution in [3.8, 4) is 17.0 Å². The van der Waals surface area contributed by atoms with Crippen molar-refractivity contribution >= 4 is 32.7 Å². The zero-order valence-corrected chi connectivity index (χ0v) is 30.8. The second kappa shape index (κ2) is 12.8. The van der Waals surface area contributed by atoms with Gasteiger partial charge in [0, 0.05) is 54.1 Å². The van der Waals surface area contributed by atoms with E-state index in [0.29, 0.717) is 19.0 Å². The molecule has 2 saturated carbocycles. The minimum absolute atomic E-state index is 0.0167. The summed E-state index contributed by atoms with van der Waals surface area (Å²) in [4.78, 5) is 33.2. The number of ether oxygens (including phenoxy) is 1. The molecule has 1 aromatic heterocycles. The number of rotatable bonds is 7. The Hall–Kier alpha value is -4.15. The number of hydrogen-bond acceptors (Lipinski definition) is 6. The standard InChI is InChI=1S/C41H48N4O5S/c1-26(2)51(48,49)42-39(46)29-15-17-32-35(21-29)45-25-41(40(47)44-20-19-43(3)24-36(44)27-11-7-5-8-12-27)23-34(41)33-22-30(50-4)16-18-31(33)38(45)37(32)28-13-9-6-10-14-28/h5,7-8,11-12,15-18,21-22,26,28,34,36H,6,9-10,13-14,19-20,23-25H2,1-4H3,(H,42,46). The van der Waals surface area contributed by atoms with E-state index in [1.54, 1.807) is 27.0 Å². The molecule has 2 aliphatic carbocycles. The molecule has 3 atom stereocenters. The minimum Gasteiger partial charge on any atom is -0.497 e. The highest BCUT2D eigenvalue weighted by molar-refractivity contribution is 7.90. The highest BCUT2D eigenvalue weighted by Crippen LogP contribution is 2.66. The van der Waals surface area contributed by atoms with E-state index in [1.807, 2.05) is 36.4 Å². The van der Waals surface area contributed by atoms with E-state index in [2.05, 4.69) is 50.4 Å². The molecule has 0 bridgehead atoms. The Balaban J connectivity index is 1.31. The summed E-state index contributed by atoms with van der Waals surface area (Å²) in [6, 6.07) is 22.2. The number of nitrogens with one attached hydrogen (secondary N) is 1. The fraction of sp³-hybridized carbons (Fsp3) is 0.463. The smallest absolute Gasteiger partial charge is 0.264 e. The quantitative estimate of drug-likeness (QED) is 0.226. The monoisotopic (exact) mass is 708 g/mol. The van der Waals surface area contributed by atoms with Gasteiger partial charge in [0.1, 0.15) is 5.75 Å². The molecule has 1 saturated heterocycles. The van der Waals surface area contributed by atoms with E-state index >= 15 is 4.79 Å². The number of carbonyl (C=O) groups excluding carboxylic acids is 2. The van der Waals surface area contributed by atoms with Crippen LogP contribution in [-0.4, -0.2) is 73.6 Å². The zero-order chi connectivity index (χ0) is 35.7. The van der Waals surface area contributed by atoms with Crippen LogP contribution >= 0.6 is 0 Å². The summed E-state index contributed by atoms with van der Waals surface area (Å²) >= 11 is 0. The van der Waals surface area contributed by atoms with Crippen molar-refractivity contribution in [1.82, 2.24) is 19.1 Å². The molecule has 2 amide bonds. The summed E-state index contributed by atoms with van der Waals surface area (Å²) in [6.45, 7) is 5.81. The van der Waals surface area contributed by atoms with Crippen LogP contribution in [0.1, 0.15) is 97.3 Å². The van der Waals surface area contributed by atoms with E-state index in [9.17, 15) is 13.2 Å². The average molecular weight is 709 g/mol. The number of benzene rings is 3. The third kappa shape index (κ3) is 5.75. The normalized spacial score (nSPS) is 23.7.